The highest BCUT2D eigenvalue weighted by molar-refractivity contribution is 5.94. The number of ether oxygens (including phenoxy) is 3. The van der Waals surface area contributed by atoms with Gasteiger partial charge in [0.05, 0.1) is 6.61 Å². The van der Waals surface area contributed by atoms with Crippen molar-refractivity contribution in [3.05, 3.63) is 35.4 Å². The molecule has 27 heavy (non-hydrogen) atoms. The molecule has 1 fully saturated rings. The number of primary amides is 1. The molecule has 1 aliphatic heterocycles. The Kier molecular flexibility index (Phi) is 6.10. The summed E-state index contributed by atoms with van der Waals surface area (Å²) in [6, 6.07) is 7.22. The molecule has 2 rings (SSSR count). The van der Waals surface area contributed by atoms with Gasteiger partial charge in [0.15, 0.2) is 11.7 Å². The van der Waals surface area contributed by atoms with E-state index in [0.29, 0.717) is 13.2 Å². The molecule has 0 spiro atoms. The van der Waals surface area contributed by atoms with Crippen LogP contribution in [0.15, 0.2) is 24.3 Å². The highest BCUT2D eigenvalue weighted by Gasteiger charge is 2.50. The molecule has 0 aromatic heterocycles. The first-order valence-corrected chi connectivity index (χ1v) is 8.67. The summed E-state index contributed by atoms with van der Waals surface area (Å²) in [7, 11) is 0. The van der Waals surface area contributed by atoms with Crippen LogP contribution in [-0.2, 0) is 32.0 Å². The standard InChI is InChI=1S/C19H26N2O6/c1-18(2,3)27-17(24)21-10-13-7-5-12(6-8-13)9-14(26-16(20)23)15(22)19(4)11-25-19/h5-8,14H,9-11H2,1-4H3,(H2,20,23)(H,21,24)/t14-,19-/m0/s1. The maximum Gasteiger partial charge on any atom is 0.407 e. The van der Waals surface area contributed by atoms with E-state index in [1.165, 1.54) is 0 Å². The zero-order chi connectivity index (χ0) is 20.2. The Balaban J connectivity index is 1.93. The summed E-state index contributed by atoms with van der Waals surface area (Å²) < 4.78 is 15.3. The van der Waals surface area contributed by atoms with Crippen molar-refractivity contribution in [1.82, 2.24) is 5.32 Å². The van der Waals surface area contributed by atoms with Crippen LogP contribution in [0.25, 0.3) is 0 Å². The molecule has 2 atom stereocenters. The second-order valence-corrected chi connectivity index (χ2v) is 7.69. The highest BCUT2D eigenvalue weighted by atomic mass is 16.6. The molecule has 3 N–H and O–H groups in total. The lowest BCUT2D eigenvalue weighted by Gasteiger charge is -2.19. The number of amides is 2. The van der Waals surface area contributed by atoms with Crippen molar-refractivity contribution in [3.63, 3.8) is 0 Å². The Bertz CT molecular complexity index is 704. The SMILES string of the molecule is CC(C)(C)OC(=O)NCc1ccc(C[C@H](OC(N)=O)C(=O)[C@]2(C)CO2)cc1. The van der Waals surface area contributed by atoms with Gasteiger partial charge in [-0.2, -0.15) is 0 Å². The second-order valence-electron chi connectivity index (χ2n) is 7.69. The summed E-state index contributed by atoms with van der Waals surface area (Å²) in [6.45, 7) is 7.64. The van der Waals surface area contributed by atoms with E-state index in [0.717, 1.165) is 11.1 Å². The van der Waals surface area contributed by atoms with E-state index in [-0.39, 0.29) is 12.2 Å². The summed E-state index contributed by atoms with van der Waals surface area (Å²) in [5.74, 6) is -0.308. The van der Waals surface area contributed by atoms with Crippen molar-refractivity contribution in [3.8, 4) is 0 Å². The molecular weight excluding hydrogens is 352 g/mol. The fourth-order valence-corrected chi connectivity index (χ4v) is 2.41. The van der Waals surface area contributed by atoms with E-state index >= 15 is 0 Å². The average molecular weight is 378 g/mol. The third-order valence-electron chi connectivity index (χ3n) is 3.93. The maximum absolute atomic E-state index is 12.4. The number of carbonyl (C=O) groups excluding carboxylic acids is 3. The van der Waals surface area contributed by atoms with Gasteiger partial charge in [0.2, 0.25) is 5.78 Å². The number of rotatable bonds is 7. The van der Waals surface area contributed by atoms with E-state index in [1.54, 1.807) is 39.8 Å². The third-order valence-corrected chi connectivity index (χ3v) is 3.93. The molecule has 0 unspecified atom stereocenters. The molecule has 0 radical (unpaired) electrons. The molecule has 2 amide bonds. The maximum atomic E-state index is 12.4. The van der Waals surface area contributed by atoms with Crippen LogP contribution in [0.3, 0.4) is 0 Å². The molecule has 8 heteroatoms. The quantitative estimate of drug-likeness (QED) is 0.701. The van der Waals surface area contributed by atoms with E-state index < -0.39 is 29.5 Å². The van der Waals surface area contributed by atoms with Crippen LogP contribution in [0.2, 0.25) is 0 Å². The number of nitrogens with one attached hydrogen (secondary N) is 1. The Morgan fingerprint density at radius 2 is 1.78 bits per heavy atom. The van der Waals surface area contributed by atoms with Gasteiger partial charge in [-0.1, -0.05) is 24.3 Å². The second kappa shape index (κ2) is 7.96. The van der Waals surface area contributed by atoms with Crippen LogP contribution in [0.1, 0.15) is 38.8 Å². The summed E-state index contributed by atoms with van der Waals surface area (Å²) in [4.78, 5) is 35.2. The molecule has 1 saturated heterocycles. The first kappa shape index (κ1) is 20.7. The minimum absolute atomic E-state index is 0.195. The zero-order valence-electron chi connectivity index (χ0n) is 16.0. The van der Waals surface area contributed by atoms with E-state index in [1.807, 2.05) is 12.1 Å². The number of benzene rings is 1. The predicted octanol–water partition coefficient (Wildman–Crippen LogP) is 2.08. The van der Waals surface area contributed by atoms with Crippen LogP contribution in [0, 0.1) is 0 Å². The van der Waals surface area contributed by atoms with E-state index in [2.05, 4.69) is 5.32 Å². The molecular formula is C19H26N2O6. The lowest BCUT2D eigenvalue weighted by molar-refractivity contribution is -0.131. The van der Waals surface area contributed by atoms with Crippen molar-refractivity contribution in [2.45, 2.75) is 58.0 Å². The zero-order valence-corrected chi connectivity index (χ0v) is 16.0. The molecule has 0 saturated carbocycles. The predicted molar refractivity (Wildman–Crippen MR) is 97.0 cm³/mol. The lowest BCUT2D eigenvalue weighted by atomic mass is 9.96. The number of Topliss-reactive ketones (excluding diaryl/α,β-unsaturated/α-hetero) is 1. The van der Waals surface area contributed by atoms with Crippen molar-refractivity contribution in [2.24, 2.45) is 5.73 Å². The number of ketones is 1. The van der Waals surface area contributed by atoms with E-state index in [4.69, 9.17) is 19.9 Å². The molecule has 8 nitrogen and oxygen atoms in total. The van der Waals surface area contributed by atoms with Crippen LogP contribution in [0.5, 0.6) is 0 Å². The van der Waals surface area contributed by atoms with Crippen LogP contribution < -0.4 is 11.1 Å². The molecule has 0 aliphatic carbocycles. The van der Waals surface area contributed by atoms with Crippen LogP contribution in [0.4, 0.5) is 9.59 Å². The normalized spacial score (nSPS) is 19.7. The topological polar surface area (TPSA) is 120 Å². The fourth-order valence-electron chi connectivity index (χ4n) is 2.41. The fraction of sp³-hybridized carbons (Fsp3) is 0.526. The number of carbonyl (C=O) groups is 3. The third kappa shape index (κ3) is 6.56. The number of hydrogen-bond donors (Lipinski definition) is 2. The number of nitrogens with two attached hydrogens (primary N) is 1. The minimum Gasteiger partial charge on any atom is -0.444 e. The molecule has 0 bridgehead atoms. The van der Waals surface area contributed by atoms with Gasteiger partial charge in [-0.25, -0.2) is 9.59 Å². The Hall–Kier alpha value is -2.61. The Labute approximate surface area is 158 Å². The van der Waals surface area contributed by atoms with Gasteiger partial charge >= 0.3 is 12.2 Å². The molecule has 1 heterocycles. The molecule has 1 aliphatic rings. The van der Waals surface area contributed by atoms with Crippen molar-refractivity contribution in [2.75, 3.05) is 6.61 Å². The number of hydrogen-bond acceptors (Lipinski definition) is 6. The van der Waals surface area contributed by atoms with Crippen molar-refractivity contribution >= 4 is 18.0 Å². The highest BCUT2D eigenvalue weighted by Crippen LogP contribution is 2.30. The van der Waals surface area contributed by atoms with Crippen LogP contribution >= 0.6 is 0 Å². The molecule has 1 aromatic carbocycles. The Morgan fingerprint density at radius 1 is 1.22 bits per heavy atom. The molecule has 1 aromatic rings. The van der Waals surface area contributed by atoms with E-state index in [9.17, 15) is 14.4 Å². The van der Waals surface area contributed by atoms with Gasteiger partial charge in [0.1, 0.15) is 5.60 Å². The first-order chi connectivity index (χ1) is 12.5. The van der Waals surface area contributed by atoms with Crippen LogP contribution in [-0.4, -0.2) is 41.9 Å². The van der Waals surface area contributed by atoms with Gasteiger partial charge in [-0.05, 0) is 38.8 Å². The van der Waals surface area contributed by atoms with Gasteiger partial charge in [-0.15, -0.1) is 0 Å². The lowest BCUT2D eigenvalue weighted by Crippen LogP contribution is -2.39. The van der Waals surface area contributed by atoms with Gasteiger partial charge in [0.25, 0.3) is 0 Å². The average Bonchev–Trinajstić information content (AvgIpc) is 3.30. The van der Waals surface area contributed by atoms with Gasteiger partial charge in [0, 0.05) is 13.0 Å². The Morgan fingerprint density at radius 3 is 2.26 bits per heavy atom. The number of epoxide rings is 1. The van der Waals surface area contributed by atoms with Gasteiger partial charge < -0.3 is 25.3 Å². The minimum atomic E-state index is -1.00. The largest absolute Gasteiger partial charge is 0.444 e. The van der Waals surface area contributed by atoms with Gasteiger partial charge in [-0.3, -0.25) is 4.79 Å². The summed E-state index contributed by atoms with van der Waals surface area (Å²) in [5, 5.41) is 2.67. The monoisotopic (exact) mass is 378 g/mol. The van der Waals surface area contributed by atoms with Crippen molar-refractivity contribution < 1.29 is 28.6 Å². The smallest absolute Gasteiger partial charge is 0.407 e. The summed E-state index contributed by atoms with van der Waals surface area (Å²) in [6.07, 6.45) is -2.30. The first-order valence-electron chi connectivity index (χ1n) is 8.67. The summed E-state index contributed by atoms with van der Waals surface area (Å²) >= 11 is 0. The number of alkyl carbamates (subject to hydrolysis) is 1. The van der Waals surface area contributed by atoms with Crippen molar-refractivity contribution in [1.29, 1.82) is 0 Å². The molecule has 148 valence electrons. The summed E-state index contributed by atoms with van der Waals surface area (Å²) in [5.41, 5.74) is 5.27.